The number of halogens is 2. The molecule has 1 spiro atoms. The van der Waals surface area contributed by atoms with Crippen LogP contribution in [0.5, 0.6) is 0 Å². The lowest BCUT2D eigenvalue weighted by Crippen LogP contribution is -2.59. The second kappa shape index (κ2) is 5.27. The lowest BCUT2D eigenvalue weighted by molar-refractivity contribution is 0.304. The molecule has 1 aliphatic heterocycles. The highest BCUT2D eigenvalue weighted by Crippen LogP contribution is 2.37. The maximum Gasteiger partial charge on any atom is 0.0526 e. The van der Waals surface area contributed by atoms with Gasteiger partial charge in [-0.25, -0.2) is 0 Å². The van der Waals surface area contributed by atoms with E-state index in [0.29, 0.717) is 5.54 Å². The molecule has 4 heteroatoms. The van der Waals surface area contributed by atoms with E-state index in [1.165, 1.54) is 31.4 Å². The zero-order chi connectivity index (χ0) is 13.5. The molecule has 1 saturated carbocycles. The molecule has 0 aromatic heterocycles. The highest BCUT2D eigenvalue weighted by molar-refractivity contribution is 9.10. The summed E-state index contributed by atoms with van der Waals surface area (Å²) in [6.07, 6.45) is 5.33. The SMILES string of the molecule is Cc1cc(Br)c(N2CCNC3(CCCC3)C2)cc1Cl. The number of nitrogens with one attached hydrogen (secondary N) is 1. The summed E-state index contributed by atoms with van der Waals surface area (Å²) in [5.41, 5.74) is 2.71. The molecule has 1 aromatic rings. The van der Waals surface area contributed by atoms with Crippen molar-refractivity contribution in [1.82, 2.24) is 5.32 Å². The zero-order valence-corrected chi connectivity index (χ0v) is 13.6. The molecular weight excluding hydrogens is 324 g/mol. The average Bonchev–Trinajstić information content (AvgIpc) is 2.82. The van der Waals surface area contributed by atoms with Gasteiger partial charge in [-0.3, -0.25) is 0 Å². The fourth-order valence-corrected chi connectivity index (χ4v) is 4.29. The Hall–Kier alpha value is -0.250. The predicted molar refractivity (Wildman–Crippen MR) is 85.3 cm³/mol. The van der Waals surface area contributed by atoms with E-state index in [4.69, 9.17) is 11.6 Å². The number of hydrogen-bond donors (Lipinski definition) is 1. The lowest BCUT2D eigenvalue weighted by Gasteiger charge is -2.43. The molecule has 3 rings (SSSR count). The fourth-order valence-electron chi connectivity index (χ4n) is 3.43. The summed E-state index contributed by atoms with van der Waals surface area (Å²) in [4.78, 5) is 2.48. The van der Waals surface area contributed by atoms with Crippen LogP contribution in [0.3, 0.4) is 0 Å². The maximum atomic E-state index is 6.29. The van der Waals surface area contributed by atoms with E-state index in [1.54, 1.807) is 0 Å². The Bertz CT molecular complexity index is 483. The van der Waals surface area contributed by atoms with Crippen LogP contribution in [0.4, 0.5) is 5.69 Å². The summed E-state index contributed by atoms with van der Waals surface area (Å²) in [5.74, 6) is 0. The summed E-state index contributed by atoms with van der Waals surface area (Å²) in [5, 5.41) is 4.61. The molecular formula is C15H20BrClN2. The first-order valence-corrected chi connectivity index (χ1v) is 8.22. The minimum absolute atomic E-state index is 0.342. The van der Waals surface area contributed by atoms with Gasteiger partial charge in [-0.15, -0.1) is 0 Å². The van der Waals surface area contributed by atoms with Crippen LogP contribution in [-0.4, -0.2) is 25.2 Å². The van der Waals surface area contributed by atoms with Crippen molar-refractivity contribution < 1.29 is 0 Å². The first-order valence-electron chi connectivity index (χ1n) is 7.05. The Morgan fingerprint density at radius 1 is 1.32 bits per heavy atom. The molecule has 1 heterocycles. The van der Waals surface area contributed by atoms with Gasteiger partial charge in [-0.2, -0.15) is 0 Å². The molecule has 0 bridgehead atoms. The third kappa shape index (κ3) is 2.65. The van der Waals surface area contributed by atoms with Gasteiger partial charge in [0.1, 0.15) is 0 Å². The van der Waals surface area contributed by atoms with Gasteiger partial charge < -0.3 is 10.2 Å². The van der Waals surface area contributed by atoms with E-state index >= 15 is 0 Å². The number of nitrogens with zero attached hydrogens (tertiary/aromatic N) is 1. The largest absolute Gasteiger partial charge is 0.367 e. The van der Waals surface area contributed by atoms with Crippen molar-refractivity contribution >= 4 is 33.2 Å². The minimum atomic E-state index is 0.342. The second-order valence-electron chi connectivity index (χ2n) is 5.89. The molecule has 0 unspecified atom stereocenters. The molecule has 1 N–H and O–H groups in total. The van der Waals surface area contributed by atoms with E-state index in [1.807, 2.05) is 6.92 Å². The van der Waals surface area contributed by atoms with E-state index in [2.05, 4.69) is 38.3 Å². The molecule has 2 fully saturated rings. The lowest BCUT2D eigenvalue weighted by atomic mass is 9.94. The average molecular weight is 344 g/mol. The van der Waals surface area contributed by atoms with Crippen molar-refractivity contribution in [2.75, 3.05) is 24.5 Å². The molecule has 19 heavy (non-hydrogen) atoms. The summed E-state index contributed by atoms with van der Waals surface area (Å²) in [6.45, 7) is 5.27. The first kappa shape index (κ1) is 13.7. The van der Waals surface area contributed by atoms with Crippen LogP contribution in [0, 0.1) is 6.92 Å². The van der Waals surface area contributed by atoms with E-state index in [-0.39, 0.29) is 0 Å². The number of piperazine rings is 1. The van der Waals surface area contributed by atoms with Crippen molar-refractivity contribution in [2.45, 2.75) is 38.1 Å². The highest BCUT2D eigenvalue weighted by atomic mass is 79.9. The standard InChI is InChI=1S/C15H20BrClN2/c1-11-8-12(16)14(9-13(11)17)19-7-6-18-15(10-19)4-2-3-5-15/h8-9,18H,2-7,10H2,1H3. The molecule has 0 atom stereocenters. The molecule has 0 amide bonds. The molecule has 104 valence electrons. The quantitative estimate of drug-likeness (QED) is 0.824. The summed E-state index contributed by atoms with van der Waals surface area (Å²) >= 11 is 9.99. The zero-order valence-electron chi connectivity index (χ0n) is 11.3. The highest BCUT2D eigenvalue weighted by Gasteiger charge is 2.38. The van der Waals surface area contributed by atoms with Gasteiger partial charge in [0.2, 0.25) is 0 Å². The summed E-state index contributed by atoms with van der Waals surface area (Å²) < 4.78 is 1.16. The Labute approximate surface area is 128 Å². The van der Waals surface area contributed by atoms with Crippen LogP contribution < -0.4 is 10.2 Å². The van der Waals surface area contributed by atoms with Crippen molar-refractivity contribution in [3.05, 3.63) is 27.2 Å². The van der Waals surface area contributed by atoms with Crippen LogP contribution in [0.25, 0.3) is 0 Å². The molecule has 1 saturated heterocycles. The smallest absolute Gasteiger partial charge is 0.0526 e. The fraction of sp³-hybridized carbons (Fsp3) is 0.600. The van der Waals surface area contributed by atoms with Gasteiger partial charge in [-0.1, -0.05) is 24.4 Å². The number of anilines is 1. The van der Waals surface area contributed by atoms with Crippen LogP contribution in [0.1, 0.15) is 31.2 Å². The number of aryl methyl sites for hydroxylation is 1. The number of benzene rings is 1. The first-order chi connectivity index (χ1) is 9.10. The predicted octanol–water partition coefficient (Wildman–Crippen LogP) is 4.13. The molecule has 1 aromatic carbocycles. The van der Waals surface area contributed by atoms with Gasteiger partial charge >= 0.3 is 0 Å². The van der Waals surface area contributed by atoms with Gasteiger partial charge in [-0.05, 0) is 53.4 Å². The monoisotopic (exact) mass is 342 g/mol. The van der Waals surface area contributed by atoms with E-state index in [0.717, 1.165) is 34.7 Å². The minimum Gasteiger partial charge on any atom is -0.367 e. The van der Waals surface area contributed by atoms with Crippen LogP contribution in [0.2, 0.25) is 5.02 Å². The van der Waals surface area contributed by atoms with Gasteiger partial charge in [0.25, 0.3) is 0 Å². The molecule has 2 nitrogen and oxygen atoms in total. The van der Waals surface area contributed by atoms with Gasteiger partial charge in [0, 0.05) is 34.7 Å². The maximum absolute atomic E-state index is 6.29. The Kier molecular flexibility index (Phi) is 3.80. The Morgan fingerprint density at radius 3 is 2.79 bits per heavy atom. The molecule has 2 aliphatic rings. The molecule has 0 radical (unpaired) electrons. The van der Waals surface area contributed by atoms with E-state index in [9.17, 15) is 0 Å². The van der Waals surface area contributed by atoms with Gasteiger partial charge in [0.05, 0.1) is 5.69 Å². The van der Waals surface area contributed by atoms with Crippen molar-refractivity contribution in [3.63, 3.8) is 0 Å². The topological polar surface area (TPSA) is 15.3 Å². The Morgan fingerprint density at radius 2 is 2.05 bits per heavy atom. The third-order valence-electron chi connectivity index (χ3n) is 4.50. The second-order valence-corrected chi connectivity index (χ2v) is 7.15. The van der Waals surface area contributed by atoms with Crippen molar-refractivity contribution in [3.8, 4) is 0 Å². The van der Waals surface area contributed by atoms with Crippen molar-refractivity contribution in [1.29, 1.82) is 0 Å². The van der Waals surface area contributed by atoms with Crippen LogP contribution in [0.15, 0.2) is 16.6 Å². The van der Waals surface area contributed by atoms with E-state index < -0.39 is 0 Å². The normalized spacial score (nSPS) is 22.2. The number of hydrogen-bond acceptors (Lipinski definition) is 2. The number of rotatable bonds is 1. The van der Waals surface area contributed by atoms with Crippen molar-refractivity contribution in [2.24, 2.45) is 0 Å². The third-order valence-corrected chi connectivity index (χ3v) is 5.55. The summed E-state index contributed by atoms with van der Waals surface area (Å²) in [7, 11) is 0. The van der Waals surface area contributed by atoms with Crippen LogP contribution >= 0.6 is 27.5 Å². The van der Waals surface area contributed by atoms with Gasteiger partial charge in [0.15, 0.2) is 0 Å². The van der Waals surface area contributed by atoms with Crippen LogP contribution in [-0.2, 0) is 0 Å². The summed E-state index contributed by atoms with van der Waals surface area (Å²) in [6, 6.07) is 4.23. The Balaban J connectivity index is 1.87. The molecule has 1 aliphatic carbocycles.